The normalized spacial score (nSPS) is 11.1. The number of aryl methyl sites for hydroxylation is 1. The van der Waals surface area contributed by atoms with Crippen molar-refractivity contribution < 1.29 is 9.53 Å². The minimum absolute atomic E-state index is 0.0261. The third kappa shape index (κ3) is 1.59. The number of ether oxygens (including phenoxy) is 1. The second-order valence-electron chi connectivity index (χ2n) is 4.24. The number of aromatic nitrogens is 4. The first-order chi connectivity index (χ1) is 9.65. The van der Waals surface area contributed by atoms with E-state index in [0.717, 1.165) is 0 Å². The first-order valence-corrected chi connectivity index (χ1v) is 6.13. The zero-order chi connectivity index (χ0) is 14.3. The maximum absolute atomic E-state index is 12.4. The predicted octanol–water partition coefficient (Wildman–Crippen LogP) is 0.758. The van der Waals surface area contributed by atoms with E-state index in [0.29, 0.717) is 11.2 Å². The molecule has 0 aliphatic carbocycles. The summed E-state index contributed by atoms with van der Waals surface area (Å²) in [6.07, 6.45) is 3.05. The monoisotopic (exact) mass is 272 g/mol. The fourth-order valence-electron chi connectivity index (χ4n) is 2.17. The Kier molecular flexibility index (Phi) is 2.74. The molecule has 0 radical (unpaired) electrons. The summed E-state index contributed by atoms with van der Waals surface area (Å²) in [4.78, 5) is 32.4. The Bertz CT molecular complexity index is 878. The molecule has 20 heavy (non-hydrogen) atoms. The van der Waals surface area contributed by atoms with Crippen LogP contribution in [0.15, 0.2) is 29.5 Å². The summed E-state index contributed by atoms with van der Waals surface area (Å²) in [5, 5.41) is 0. The topological polar surface area (TPSA) is 78.5 Å². The molecule has 7 heteroatoms. The molecule has 0 aliphatic rings. The van der Waals surface area contributed by atoms with Crippen molar-refractivity contribution in [3.05, 3.63) is 40.7 Å². The van der Waals surface area contributed by atoms with Gasteiger partial charge in [0, 0.05) is 13.2 Å². The summed E-state index contributed by atoms with van der Waals surface area (Å²) in [6, 6.07) is 3.57. The smallest absolute Gasteiger partial charge is 0.359 e. The van der Waals surface area contributed by atoms with Crippen LogP contribution in [0.1, 0.15) is 17.4 Å². The average Bonchev–Trinajstić information content (AvgIpc) is 2.90. The molecule has 3 heterocycles. The zero-order valence-corrected chi connectivity index (χ0v) is 11.0. The maximum atomic E-state index is 12.4. The summed E-state index contributed by atoms with van der Waals surface area (Å²) in [6.45, 7) is 1.93. The Morgan fingerprint density at radius 3 is 2.95 bits per heavy atom. The summed E-state index contributed by atoms with van der Waals surface area (Å²) in [5.74, 6) is -0.602. The van der Waals surface area contributed by atoms with Gasteiger partial charge in [-0.25, -0.2) is 14.8 Å². The summed E-state index contributed by atoms with van der Waals surface area (Å²) in [5.41, 5.74) is 1.12. The molecule has 0 unspecified atom stereocenters. The van der Waals surface area contributed by atoms with Crippen LogP contribution in [0.2, 0.25) is 0 Å². The van der Waals surface area contributed by atoms with Gasteiger partial charge in [0.15, 0.2) is 11.3 Å². The molecule has 0 bridgehead atoms. The Balaban J connectivity index is 2.45. The van der Waals surface area contributed by atoms with Crippen molar-refractivity contribution in [3.63, 3.8) is 0 Å². The van der Waals surface area contributed by atoms with Crippen molar-refractivity contribution in [1.82, 2.24) is 18.9 Å². The van der Waals surface area contributed by atoms with Gasteiger partial charge in [0.1, 0.15) is 11.8 Å². The number of imidazole rings is 1. The highest BCUT2D eigenvalue weighted by atomic mass is 16.5. The molecule has 3 aromatic rings. The number of pyridine rings is 1. The van der Waals surface area contributed by atoms with Crippen molar-refractivity contribution in [2.75, 3.05) is 6.61 Å². The number of hydrogen-bond acceptors (Lipinski definition) is 5. The standard InChI is InChI=1S/C13H12N4O3/c1-3-20-13(19)9-10-12(18)16(2)11-8(5-4-6-14-11)17(10)7-15-9/h4-7H,3H2,1-2H3. The molecular formula is C13H12N4O3. The lowest BCUT2D eigenvalue weighted by atomic mass is 10.3. The summed E-state index contributed by atoms with van der Waals surface area (Å²) >= 11 is 0. The van der Waals surface area contributed by atoms with E-state index < -0.39 is 5.97 Å². The van der Waals surface area contributed by atoms with Gasteiger partial charge < -0.3 is 4.74 Å². The molecule has 0 fully saturated rings. The number of fused-ring (bicyclic) bond motifs is 3. The number of carbonyl (C=O) groups is 1. The second-order valence-corrected chi connectivity index (χ2v) is 4.24. The van der Waals surface area contributed by atoms with Crippen LogP contribution in [0.3, 0.4) is 0 Å². The van der Waals surface area contributed by atoms with E-state index in [1.807, 2.05) is 6.07 Å². The van der Waals surface area contributed by atoms with Gasteiger partial charge in [0.05, 0.1) is 12.1 Å². The molecule has 0 saturated carbocycles. The molecule has 0 N–H and O–H groups in total. The molecule has 3 rings (SSSR count). The van der Waals surface area contributed by atoms with Crippen molar-refractivity contribution in [1.29, 1.82) is 0 Å². The molecule has 0 atom stereocenters. The van der Waals surface area contributed by atoms with Crippen LogP contribution >= 0.6 is 0 Å². The fourth-order valence-corrected chi connectivity index (χ4v) is 2.17. The maximum Gasteiger partial charge on any atom is 0.359 e. The quantitative estimate of drug-likeness (QED) is 0.643. The third-order valence-corrected chi connectivity index (χ3v) is 3.09. The van der Waals surface area contributed by atoms with Gasteiger partial charge in [-0.3, -0.25) is 13.8 Å². The lowest BCUT2D eigenvalue weighted by molar-refractivity contribution is 0.0522. The Hall–Kier alpha value is -2.70. The molecule has 7 nitrogen and oxygen atoms in total. The van der Waals surface area contributed by atoms with Gasteiger partial charge >= 0.3 is 5.97 Å². The van der Waals surface area contributed by atoms with Gasteiger partial charge in [-0.1, -0.05) is 0 Å². The van der Waals surface area contributed by atoms with Gasteiger partial charge in [-0.15, -0.1) is 0 Å². The minimum atomic E-state index is -0.602. The van der Waals surface area contributed by atoms with E-state index in [1.54, 1.807) is 30.6 Å². The van der Waals surface area contributed by atoms with Gasteiger partial charge in [-0.2, -0.15) is 0 Å². The van der Waals surface area contributed by atoms with Crippen LogP contribution in [0.5, 0.6) is 0 Å². The number of hydrogen-bond donors (Lipinski definition) is 0. The first-order valence-electron chi connectivity index (χ1n) is 6.13. The fraction of sp³-hybridized carbons (Fsp3) is 0.231. The Morgan fingerprint density at radius 2 is 2.20 bits per heavy atom. The molecule has 3 aromatic heterocycles. The van der Waals surface area contributed by atoms with Crippen LogP contribution < -0.4 is 5.56 Å². The van der Waals surface area contributed by atoms with Crippen LogP contribution in [-0.4, -0.2) is 31.5 Å². The summed E-state index contributed by atoms with van der Waals surface area (Å²) in [7, 11) is 1.61. The molecule has 0 amide bonds. The van der Waals surface area contributed by atoms with Crippen LogP contribution in [0.4, 0.5) is 0 Å². The first kappa shape index (κ1) is 12.3. The van der Waals surface area contributed by atoms with E-state index in [2.05, 4.69) is 9.97 Å². The molecule has 0 spiro atoms. The van der Waals surface area contributed by atoms with Crippen LogP contribution in [0.25, 0.3) is 16.7 Å². The van der Waals surface area contributed by atoms with E-state index in [4.69, 9.17) is 4.74 Å². The van der Waals surface area contributed by atoms with Crippen molar-refractivity contribution >= 4 is 22.6 Å². The molecule has 0 aromatic carbocycles. The Labute approximate surface area is 113 Å². The minimum Gasteiger partial charge on any atom is -0.461 e. The number of esters is 1. The predicted molar refractivity (Wildman–Crippen MR) is 71.7 cm³/mol. The SMILES string of the molecule is CCOC(=O)c1ncn2c1c(=O)n(C)c1ncccc12. The third-order valence-electron chi connectivity index (χ3n) is 3.09. The molecular weight excluding hydrogens is 260 g/mol. The number of nitrogens with zero attached hydrogens (tertiary/aromatic N) is 4. The highest BCUT2D eigenvalue weighted by molar-refractivity contribution is 5.96. The highest BCUT2D eigenvalue weighted by Crippen LogP contribution is 2.14. The molecule has 102 valence electrons. The second kappa shape index (κ2) is 4.44. The lowest BCUT2D eigenvalue weighted by Gasteiger charge is -2.06. The molecule has 0 saturated heterocycles. The van der Waals surface area contributed by atoms with Gasteiger partial charge in [0.2, 0.25) is 0 Å². The van der Waals surface area contributed by atoms with E-state index >= 15 is 0 Å². The van der Waals surface area contributed by atoms with E-state index in [-0.39, 0.29) is 23.4 Å². The van der Waals surface area contributed by atoms with Crippen molar-refractivity contribution in [2.45, 2.75) is 6.92 Å². The number of carbonyl (C=O) groups excluding carboxylic acids is 1. The zero-order valence-electron chi connectivity index (χ0n) is 11.0. The van der Waals surface area contributed by atoms with E-state index in [1.165, 1.54) is 10.9 Å². The summed E-state index contributed by atoms with van der Waals surface area (Å²) < 4.78 is 7.89. The largest absolute Gasteiger partial charge is 0.461 e. The van der Waals surface area contributed by atoms with Crippen molar-refractivity contribution in [2.24, 2.45) is 7.05 Å². The Morgan fingerprint density at radius 1 is 1.40 bits per heavy atom. The van der Waals surface area contributed by atoms with Crippen molar-refractivity contribution in [3.8, 4) is 0 Å². The van der Waals surface area contributed by atoms with E-state index in [9.17, 15) is 9.59 Å². The van der Waals surface area contributed by atoms with Crippen LogP contribution in [0, 0.1) is 0 Å². The number of rotatable bonds is 2. The van der Waals surface area contributed by atoms with Gasteiger partial charge in [0.25, 0.3) is 5.56 Å². The average molecular weight is 272 g/mol. The molecule has 0 aliphatic heterocycles. The van der Waals surface area contributed by atoms with Crippen LogP contribution in [-0.2, 0) is 11.8 Å². The van der Waals surface area contributed by atoms with Gasteiger partial charge in [-0.05, 0) is 19.1 Å². The lowest BCUT2D eigenvalue weighted by Crippen LogP contribution is -2.22. The highest BCUT2D eigenvalue weighted by Gasteiger charge is 2.20.